The third-order valence-corrected chi connectivity index (χ3v) is 3.18. The number of nitrogens with two attached hydrogens (primary N) is 2. The van der Waals surface area contributed by atoms with Gasteiger partial charge in [-0.3, -0.25) is 4.72 Å². The summed E-state index contributed by atoms with van der Waals surface area (Å²) in [7, 11) is -6.75. The molecule has 1 aromatic rings. The largest absolute Gasteiger partial charge is 0.495 e. The SMILES string of the molecule is COc1ccc(NS(N)(=O)=O)cc1S(N)(=O)=O. The van der Waals surface area contributed by atoms with Crippen molar-refractivity contribution in [2.45, 2.75) is 4.90 Å². The minimum atomic E-state index is -4.02. The van der Waals surface area contributed by atoms with E-state index in [4.69, 9.17) is 15.0 Å². The fraction of sp³-hybridized carbons (Fsp3) is 0.143. The molecule has 0 aliphatic heterocycles. The van der Waals surface area contributed by atoms with Crippen LogP contribution >= 0.6 is 0 Å². The highest BCUT2D eigenvalue weighted by Crippen LogP contribution is 2.26. The van der Waals surface area contributed by atoms with Gasteiger partial charge in [0.25, 0.3) is 10.2 Å². The first-order chi connectivity index (χ1) is 7.63. The molecule has 17 heavy (non-hydrogen) atoms. The van der Waals surface area contributed by atoms with Crippen LogP contribution in [0.5, 0.6) is 5.75 Å². The second-order valence-electron chi connectivity index (χ2n) is 3.06. The summed E-state index contributed by atoms with van der Waals surface area (Å²) in [5.74, 6) is 0.00692. The summed E-state index contributed by atoms with van der Waals surface area (Å²) in [6, 6.07) is 3.56. The van der Waals surface area contributed by atoms with E-state index in [1.807, 2.05) is 4.72 Å². The van der Waals surface area contributed by atoms with Crippen LogP contribution in [0.15, 0.2) is 23.1 Å². The Labute approximate surface area is 98.8 Å². The van der Waals surface area contributed by atoms with Crippen LogP contribution in [0, 0.1) is 0 Å². The molecule has 0 atom stereocenters. The Bertz CT molecular complexity index is 623. The van der Waals surface area contributed by atoms with Gasteiger partial charge in [-0.15, -0.1) is 0 Å². The highest BCUT2D eigenvalue weighted by molar-refractivity contribution is 7.90. The van der Waals surface area contributed by atoms with Gasteiger partial charge in [-0.2, -0.15) is 8.42 Å². The van der Waals surface area contributed by atoms with Crippen LogP contribution in [-0.4, -0.2) is 23.9 Å². The molecule has 96 valence electrons. The van der Waals surface area contributed by atoms with Gasteiger partial charge in [0.2, 0.25) is 10.0 Å². The van der Waals surface area contributed by atoms with E-state index in [1.54, 1.807) is 0 Å². The van der Waals surface area contributed by atoms with Gasteiger partial charge in [0.1, 0.15) is 10.6 Å². The minimum absolute atomic E-state index is 0.00692. The summed E-state index contributed by atoms with van der Waals surface area (Å²) in [6.45, 7) is 0. The maximum atomic E-state index is 11.2. The zero-order valence-corrected chi connectivity index (χ0v) is 10.4. The summed E-state index contributed by atoms with van der Waals surface area (Å²) >= 11 is 0. The zero-order chi connectivity index (χ0) is 13.3. The Morgan fingerprint density at radius 1 is 1.18 bits per heavy atom. The smallest absolute Gasteiger partial charge is 0.296 e. The number of anilines is 1. The van der Waals surface area contributed by atoms with Crippen molar-refractivity contribution in [1.29, 1.82) is 0 Å². The molecule has 0 heterocycles. The number of benzene rings is 1. The number of primary sulfonamides is 1. The van der Waals surface area contributed by atoms with Gasteiger partial charge in [-0.1, -0.05) is 0 Å². The Morgan fingerprint density at radius 2 is 1.76 bits per heavy atom. The lowest BCUT2D eigenvalue weighted by molar-refractivity contribution is 0.403. The molecule has 1 rings (SSSR count). The van der Waals surface area contributed by atoms with Crippen molar-refractivity contribution in [3.8, 4) is 5.75 Å². The average molecular weight is 281 g/mol. The van der Waals surface area contributed by atoms with E-state index < -0.39 is 20.2 Å². The molecule has 0 unspecified atom stereocenters. The van der Waals surface area contributed by atoms with Crippen molar-refractivity contribution in [2.24, 2.45) is 10.3 Å². The topological polar surface area (TPSA) is 142 Å². The normalized spacial score (nSPS) is 12.2. The molecule has 0 spiro atoms. The van der Waals surface area contributed by atoms with E-state index in [0.29, 0.717) is 0 Å². The van der Waals surface area contributed by atoms with Crippen molar-refractivity contribution in [3.05, 3.63) is 18.2 Å². The maximum absolute atomic E-state index is 11.2. The van der Waals surface area contributed by atoms with Crippen LogP contribution in [-0.2, 0) is 20.2 Å². The minimum Gasteiger partial charge on any atom is -0.495 e. The number of ether oxygens (including phenoxy) is 1. The van der Waals surface area contributed by atoms with Crippen molar-refractivity contribution < 1.29 is 21.6 Å². The van der Waals surface area contributed by atoms with Crippen molar-refractivity contribution in [3.63, 3.8) is 0 Å². The van der Waals surface area contributed by atoms with Gasteiger partial charge in [-0.05, 0) is 18.2 Å². The highest BCUT2D eigenvalue weighted by atomic mass is 32.2. The van der Waals surface area contributed by atoms with E-state index in [0.717, 1.165) is 6.07 Å². The van der Waals surface area contributed by atoms with Crippen LogP contribution in [0.1, 0.15) is 0 Å². The number of methoxy groups -OCH3 is 1. The van der Waals surface area contributed by atoms with Gasteiger partial charge in [0.05, 0.1) is 12.8 Å². The Balaban J connectivity index is 3.33. The number of hydrogen-bond acceptors (Lipinski definition) is 5. The molecule has 8 nitrogen and oxygen atoms in total. The van der Waals surface area contributed by atoms with Gasteiger partial charge in [0, 0.05) is 0 Å². The third-order valence-electron chi connectivity index (χ3n) is 1.73. The summed E-state index contributed by atoms with van der Waals surface area (Å²) in [6.07, 6.45) is 0. The fourth-order valence-corrected chi connectivity index (χ4v) is 2.31. The highest BCUT2D eigenvalue weighted by Gasteiger charge is 2.16. The number of rotatable bonds is 4. The van der Waals surface area contributed by atoms with Gasteiger partial charge < -0.3 is 4.74 Å². The maximum Gasteiger partial charge on any atom is 0.296 e. The predicted octanol–water partition coefficient (Wildman–Crippen LogP) is -1.04. The third kappa shape index (κ3) is 3.85. The lowest BCUT2D eigenvalue weighted by atomic mass is 10.3. The molecule has 0 aliphatic rings. The molecule has 1 aromatic carbocycles. The number of nitrogens with one attached hydrogen (secondary N) is 1. The van der Waals surface area contributed by atoms with Crippen LogP contribution in [0.3, 0.4) is 0 Å². The zero-order valence-electron chi connectivity index (χ0n) is 8.74. The summed E-state index contributed by atoms with van der Waals surface area (Å²) in [4.78, 5) is -0.339. The molecule has 5 N–H and O–H groups in total. The molecule has 0 saturated heterocycles. The van der Waals surface area contributed by atoms with Crippen LogP contribution < -0.4 is 19.7 Å². The standard InChI is InChI=1S/C7H11N3O5S2/c1-15-6-3-2-5(10-17(9,13)14)4-7(6)16(8,11)12/h2-4,10H,1H3,(H2,8,11,12)(H2,9,13,14). The van der Waals surface area contributed by atoms with E-state index in [-0.39, 0.29) is 16.3 Å². The van der Waals surface area contributed by atoms with Crippen LogP contribution in [0.4, 0.5) is 5.69 Å². The first kappa shape index (κ1) is 13.7. The van der Waals surface area contributed by atoms with E-state index in [2.05, 4.69) is 0 Å². The first-order valence-electron chi connectivity index (χ1n) is 4.15. The number of hydrogen-bond donors (Lipinski definition) is 3. The van der Waals surface area contributed by atoms with E-state index in [9.17, 15) is 16.8 Å². The Hall–Kier alpha value is -1.36. The molecule has 0 fully saturated rings. The molecule has 0 aliphatic carbocycles. The summed E-state index contributed by atoms with van der Waals surface area (Å²) in [5, 5.41) is 9.70. The van der Waals surface area contributed by atoms with E-state index in [1.165, 1.54) is 19.2 Å². The van der Waals surface area contributed by atoms with Crippen LogP contribution in [0.25, 0.3) is 0 Å². The van der Waals surface area contributed by atoms with Crippen LogP contribution in [0.2, 0.25) is 0 Å². The van der Waals surface area contributed by atoms with Crippen molar-refractivity contribution in [1.82, 2.24) is 0 Å². The Morgan fingerprint density at radius 3 is 2.18 bits per heavy atom. The monoisotopic (exact) mass is 281 g/mol. The van der Waals surface area contributed by atoms with Gasteiger partial charge in [0.15, 0.2) is 0 Å². The molecule has 0 aromatic heterocycles. The molecule has 10 heteroatoms. The number of sulfonamides is 1. The van der Waals surface area contributed by atoms with Gasteiger partial charge >= 0.3 is 0 Å². The second kappa shape index (κ2) is 4.49. The molecular formula is C7H11N3O5S2. The lowest BCUT2D eigenvalue weighted by Gasteiger charge is -2.09. The van der Waals surface area contributed by atoms with Crippen molar-refractivity contribution in [2.75, 3.05) is 11.8 Å². The second-order valence-corrected chi connectivity index (χ2v) is 5.88. The molecule has 0 bridgehead atoms. The van der Waals surface area contributed by atoms with Crippen molar-refractivity contribution >= 4 is 25.9 Å². The molecule has 0 saturated carbocycles. The predicted molar refractivity (Wildman–Crippen MR) is 61.1 cm³/mol. The van der Waals surface area contributed by atoms with Gasteiger partial charge in [-0.25, -0.2) is 18.7 Å². The average Bonchev–Trinajstić information content (AvgIpc) is 2.13. The molecule has 0 radical (unpaired) electrons. The molecule has 0 amide bonds. The first-order valence-corrected chi connectivity index (χ1v) is 7.24. The Kier molecular flexibility index (Phi) is 3.62. The fourth-order valence-electron chi connectivity index (χ4n) is 1.13. The van der Waals surface area contributed by atoms with E-state index >= 15 is 0 Å². The molecular weight excluding hydrogens is 270 g/mol. The summed E-state index contributed by atoms with van der Waals surface area (Å²) in [5.41, 5.74) is -0.0303. The lowest BCUT2D eigenvalue weighted by Crippen LogP contribution is -2.22. The summed E-state index contributed by atoms with van der Waals surface area (Å²) < 4.78 is 50.7. The quantitative estimate of drug-likeness (QED) is 0.646.